The molecule has 1 aliphatic heterocycles. The minimum atomic E-state index is -0.435. The Balaban J connectivity index is 1.46. The van der Waals surface area contributed by atoms with Gasteiger partial charge in [0, 0.05) is 37.3 Å². The van der Waals surface area contributed by atoms with Crippen LogP contribution >= 0.6 is 0 Å². The smallest absolute Gasteiger partial charge is 0.254 e. The zero-order valence-electron chi connectivity index (χ0n) is 14.6. The van der Waals surface area contributed by atoms with Crippen molar-refractivity contribution in [2.24, 2.45) is 0 Å². The van der Waals surface area contributed by atoms with Gasteiger partial charge in [-0.25, -0.2) is 9.37 Å². The van der Waals surface area contributed by atoms with Crippen molar-refractivity contribution in [1.29, 1.82) is 0 Å². The molecule has 0 radical (unpaired) electrons. The largest absolute Gasteiger partial charge is 0.443 e. The molecule has 2 amide bonds. The van der Waals surface area contributed by atoms with Gasteiger partial charge < -0.3 is 14.2 Å². The van der Waals surface area contributed by atoms with E-state index in [1.807, 2.05) is 0 Å². The summed E-state index contributed by atoms with van der Waals surface area (Å²) in [5.74, 6) is -0.754. The van der Waals surface area contributed by atoms with Crippen LogP contribution in [0.4, 0.5) is 4.39 Å². The summed E-state index contributed by atoms with van der Waals surface area (Å²) in [7, 11) is 0. The lowest BCUT2D eigenvalue weighted by molar-refractivity contribution is 0.0718. The molecule has 1 aliphatic rings. The lowest BCUT2D eigenvalue weighted by atomic mass is 10.1. The minimum Gasteiger partial charge on any atom is -0.443 e. The highest BCUT2D eigenvalue weighted by molar-refractivity contribution is 5.97. The van der Waals surface area contributed by atoms with Crippen LogP contribution in [-0.4, -0.2) is 52.8 Å². The lowest BCUT2D eigenvalue weighted by Crippen LogP contribution is -2.37. The standard InChI is InChI=1S/C20H18FN3O3/c21-16-4-1-3-14(11-16)19(25)23-7-2-8-24(10-9-23)20(26)15-5-6-17-18(12-15)27-13-22-17/h1,3-6,11-13H,2,7-10H2. The highest BCUT2D eigenvalue weighted by atomic mass is 19.1. The van der Waals surface area contributed by atoms with Crippen molar-refractivity contribution in [3.8, 4) is 0 Å². The number of oxazole rings is 1. The SMILES string of the molecule is O=C(c1cccc(F)c1)N1CCCN(C(=O)c2ccc3ncoc3c2)CC1. The van der Waals surface area contributed by atoms with Crippen molar-refractivity contribution in [1.82, 2.24) is 14.8 Å². The molecule has 0 bridgehead atoms. The number of nitrogens with zero attached hydrogens (tertiary/aromatic N) is 3. The number of benzene rings is 2. The Hall–Kier alpha value is -3.22. The van der Waals surface area contributed by atoms with Crippen molar-refractivity contribution in [3.05, 3.63) is 65.8 Å². The van der Waals surface area contributed by atoms with Gasteiger partial charge in [-0.1, -0.05) is 6.07 Å². The highest BCUT2D eigenvalue weighted by Gasteiger charge is 2.24. The van der Waals surface area contributed by atoms with Crippen LogP contribution < -0.4 is 0 Å². The van der Waals surface area contributed by atoms with Crippen LogP contribution in [0.25, 0.3) is 11.1 Å². The maximum Gasteiger partial charge on any atom is 0.254 e. The Labute approximate surface area is 155 Å². The second-order valence-electron chi connectivity index (χ2n) is 6.48. The number of rotatable bonds is 2. The van der Waals surface area contributed by atoms with E-state index in [1.54, 1.807) is 34.1 Å². The lowest BCUT2D eigenvalue weighted by Gasteiger charge is -2.22. The second-order valence-corrected chi connectivity index (χ2v) is 6.48. The number of amides is 2. The monoisotopic (exact) mass is 367 g/mol. The Morgan fingerprint density at radius 3 is 2.33 bits per heavy atom. The van der Waals surface area contributed by atoms with E-state index < -0.39 is 5.82 Å². The first kappa shape index (κ1) is 17.2. The van der Waals surface area contributed by atoms with Gasteiger partial charge in [0.15, 0.2) is 12.0 Å². The molecule has 6 nitrogen and oxygen atoms in total. The number of fused-ring (bicyclic) bond motifs is 1. The number of aromatic nitrogens is 1. The third kappa shape index (κ3) is 3.53. The van der Waals surface area contributed by atoms with Crippen LogP contribution in [0, 0.1) is 5.82 Å². The molecular weight excluding hydrogens is 349 g/mol. The molecule has 0 spiro atoms. The third-order valence-electron chi connectivity index (χ3n) is 4.72. The fourth-order valence-electron chi connectivity index (χ4n) is 3.30. The predicted octanol–water partition coefficient (Wildman–Crippen LogP) is 2.96. The van der Waals surface area contributed by atoms with Crippen LogP contribution in [0.5, 0.6) is 0 Å². The van der Waals surface area contributed by atoms with Crippen LogP contribution in [0.15, 0.2) is 53.3 Å². The molecule has 1 aromatic heterocycles. The molecule has 1 saturated heterocycles. The van der Waals surface area contributed by atoms with Crippen molar-refractivity contribution in [2.45, 2.75) is 6.42 Å². The summed E-state index contributed by atoms with van der Waals surface area (Å²) in [5.41, 5.74) is 2.13. The third-order valence-corrected chi connectivity index (χ3v) is 4.72. The highest BCUT2D eigenvalue weighted by Crippen LogP contribution is 2.17. The quantitative estimate of drug-likeness (QED) is 0.698. The molecule has 1 fully saturated rings. The van der Waals surface area contributed by atoms with Crippen molar-refractivity contribution < 1.29 is 18.4 Å². The molecule has 0 aliphatic carbocycles. The Morgan fingerprint density at radius 2 is 1.63 bits per heavy atom. The summed E-state index contributed by atoms with van der Waals surface area (Å²) in [6.07, 6.45) is 2.01. The first-order valence-electron chi connectivity index (χ1n) is 8.79. The normalized spacial score (nSPS) is 15.0. The zero-order valence-corrected chi connectivity index (χ0v) is 14.6. The van der Waals surface area contributed by atoms with Gasteiger partial charge in [-0.05, 0) is 42.8 Å². The van der Waals surface area contributed by atoms with E-state index >= 15 is 0 Å². The topological polar surface area (TPSA) is 66.7 Å². The summed E-state index contributed by atoms with van der Waals surface area (Å²) >= 11 is 0. The second kappa shape index (κ2) is 7.19. The van der Waals surface area contributed by atoms with Crippen molar-refractivity contribution >= 4 is 22.9 Å². The molecule has 2 aromatic carbocycles. The van der Waals surface area contributed by atoms with Crippen molar-refractivity contribution in [3.63, 3.8) is 0 Å². The predicted molar refractivity (Wildman–Crippen MR) is 96.8 cm³/mol. The van der Waals surface area contributed by atoms with E-state index in [0.717, 1.165) is 0 Å². The molecule has 0 unspecified atom stereocenters. The first-order valence-corrected chi connectivity index (χ1v) is 8.79. The molecular formula is C20H18FN3O3. The van der Waals surface area contributed by atoms with Crippen molar-refractivity contribution in [2.75, 3.05) is 26.2 Å². The average Bonchev–Trinajstić information content (AvgIpc) is 3.01. The van der Waals surface area contributed by atoms with Gasteiger partial charge >= 0.3 is 0 Å². The Morgan fingerprint density at radius 1 is 0.926 bits per heavy atom. The van der Waals surface area contributed by atoms with E-state index in [4.69, 9.17) is 4.42 Å². The summed E-state index contributed by atoms with van der Waals surface area (Å²) in [4.78, 5) is 32.9. The van der Waals surface area contributed by atoms with Gasteiger partial charge in [0.2, 0.25) is 0 Å². The number of hydrogen-bond donors (Lipinski definition) is 0. The first-order chi connectivity index (χ1) is 13.1. The van der Waals surface area contributed by atoms with E-state index in [2.05, 4.69) is 4.98 Å². The molecule has 7 heteroatoms. The van der Waals surface area contributed by atoms with Gasteiger partial charge in [-0.15, -0.1) is 0 Å². The molecule has 4 rings (SSSR count). The van der Waals surface area contributed by atoms with Gasteiger partial charge in [-0.3, -0.25) is 9.59 Å². The summed E-state index contributed by atoms with van der Waals surface area (Å²) in [6, 6.07) is 10.8. The number of halogens is 1. The maximum atomic E-state index is 13.4. The zero-order chi connectivity index (χ0) is 18.8. The average molecular weight is 367 g/mol. The molecule has 27 heavy (non-hydrogen) atoms. The van der Waals surface area contributed by atoms with Crippen LogP contribution in [0.3, 0.4) is 0 Å². The van der Waals surface area contributed by atoms with E-state index in [1.165, 1.54) is 24.6 Å². The number of hydrogen-bond acceptors (Lipinski definition) is 4. The summed E-state index contributed by atoms with van der Waals surface area (Å²) in [6.45, 7) is 1.92. The summed E-state index contributed by atoms with van der Waals surface area (Å²) < 4.78 is 18.6. The summed E-state index contributed by atoms with van der Waals surface area (Å²) in [5, 5.41) is 0. The minimum absolute atomic E-state index is 0.103. The molecule has 0 saturated carbocycles. The molecule has 0 atom stereocenters. The molecule has 138 valence electrons. The molecule has 2 heterocycles. The molecule has 3 aromatic rings. The van der Waals surface area contributed by atoms with Gasteiger partial charge in [0.25, 0.3) is 11.8 Å². The van der Waals surface area contributed by atoms with Gasteiger partial charge in [0.05, 0.1) is 0 Å². The van der Waals surface area contributed by atoms with Crippen LogP contribution in [0.2, 0.25) is 0 Å². The fourth-order valence-corrected chi connectivity index (χ4v) is 3.30. The molecule has 0 N–H and O–H groups in total. The van der Waals surface area contributed by atoms with E-state index in [9.17, 15) is 14.0 Å². The van der Waals surface area contributed by atoms with Crippen LogP contribution in [0.1, 0.15) is 27.1 Å². The van der Waals surface area contributed by atoms with Gasteiger partial charge in [-0.2, -0.15) is 0 Å². The number of carbonyl (C=O) groups is 2. The Kier molecular flexibility index (Phi) is 4.58. The van der Waals surface area contributed by atoms with E-state index in [-0.39, 0.29) is 11.8 Å². The van der Waals surface area contributed by atoms with E-state index in [0.29, 0.717) is 54.8 Å². The maximum absolute atomic E-state index is 13.4. The Bertz CT molecular complexity index is 1000. The fraction of sp³-hybridized carbons (Fsp3) is 0.250. The van der Waals surface area contributed by atoms with Gasteiger partial charge in [0.1, 0.15) is 11.3 Å². The number of carbonyl (C=O) groups excluding carboxylic acids is 2. The van der Waals surface area contributed by atoms with Crippen LogP contribution in [-0.2, 0) is 0 Å².